The van der Waals surface area contributed by atoms with E-state index in [1.165, 1.54) is 6.07 Å². The van der Waals surface area contributed by atoms with Gasteiger partial charge < -0.3 is 10.5 Å². The number of pyridine rings is 1. The van der Waals surface area contributed by atoms with Crippen molar-refractivity contribution in [1.82, 2.24) is 4.98 Å². The van der Waals surface area contributed by atoms with Crippen LogP contribution in [-0.4, -0.2) is 23.1 Å². The van der Waals surface area contributed by atoms with Gasteiger partial charge in [0.1, 0.15) is 5.84 Å². The fraction of sp³-hybridized carbons (Fsp3) is 0.231. The first-order chi connectivity index (χ1) is 9.29. The van der Waals surface area contributed by atoms with Gasteiger partial charge in [-0.3, -0.25) is 5.41 Å². The van der Waals surface area contributed by atoms with Gasteiger partial charge in [0.25, 0.3) is 0 Å². The van der Waals surface area contributed by atoms with E-state index >= 15 is 0 Å². The van der Waals surface area contributed by atoms with Gasteiger partial charge in [-0.2, -0.15) is 13.2 Å². The molecule has 0 spiro atoms. The highest BCUT2D eigenvalue weighted by Gasteiger charge is 2.38. The lowest BCUT2D eigenvalue weighted by Gasteiger charge is -2.19. The van der Waals surface area contributed by atoms with Crippen molar-refractivity contribution in [1.29, 1.82) is 5.41 Å². The van der Waals surface area contributed by atoms with Crippen LogP contribution in [-0.2, 0) is 0 Å². The SMILES string of the molecule is CC(Oc1nc2ccccc2cc1C(=N)N)C(F)(F)F. The van der Waals surface area contributed by atoms with E-state index in [1.54, 1.807) is 24.3 Å². The quantitative estimate of drug-likeness (QED) is 0.672. The van der Waals surface area contributed by atoms with Crippen LogP contribution in [0.2, 0.25) is 0 Å². The second-order valence-corrected chi connectivity index (χ2v) is 4.25. The minimum atomic E-state index is -4.51. The van der Waals surface area contributed by atoms with E-state index in [2.05, 4.69) is 4.98 Å². The Labute approximate surface area is 112 Å². The maximum atomic E-state index is 12.5. The maximum absolute atomic E-state index is 12.5. The molecule has 0 bridgehead atoms. The van der Waals surface area contributed by atoms with Crippen LogP contribution in [0.5, 0.6) is 5.88 Å². The predicted molar refractivity (Wildman–Crippen MR) is 68.9 cm³/mol. The summed E-state index contributed by atoms with van der Waals surface area (Å²) in [5, 5.41) is 8.10. The third-order valence-electron chi connectivity index (χ3n) is 2.73. The second kappa shape index (κ2) is 4.99. The molecule has 20 heavy (non-hydrogen) atoms. The minimum absolute atomic E-state index is 0.0415. The lowest BCUT2D eigenvalue weighted by Crippen LogP contribution is -2.32. The van der Waals surface area contributed by atoms with Gasteiger partial charge in [-0.15, -0.1) is 0 Å². The number of nitrogens with zero attached hydrogens (tertiary/aromatic N) is 1. The van der Waals surface area contributed by atoms with Gasteiger partial charge in [0.2, 0.25) is 5.88 Å². The van der Waals surface area contributed by atoms with Gasteiger partial charge in [-0.05, 0) is 19.1 Å². The zero-order chi connectivity index (χ0) is 14.9. The standard InChI is InChI=1S/C13H12F3N3O/c1-7(13(14,15)16)20-12-9(11(17)18)6-8-4-2-3-5-10(8)19-12/h2-7H,1H3,(H3,17,18). The average Bonchev–Trinajstić information content (AvgIpc) is 2.36. The van der Waals surface area contributed by atoms with Crippen molar-refractivity contribution in [3.05, 3.63) is 35.9 Å². The molecule has 1 aromatic heterocycles. The Morgan fingerprint density at radius 3 is 2.60 bits per heavy atom. The molecule has 0 aliphatic heterocycles. The molecule has 1 atom stereocenters. The third kappa shape index (κ3) is 2.81. The van der Waals surface area contributed by atoms with Gasteiger partial charge in [0.05, 0.1) is 11.1 Å². The second-order valence-electron chi connectivity index (χ2n) is 4.25. The zero-order valence-corrected chi connectivity index (χ0v) is 10.5. The highest BCUT2D eigenvalue weighted by atomic mass is 19.4. The highest BCUT2D eigenvalue weighted by molar-refractivity contribution is 6.00. The number of ether oxygens (including phenoxy) is 1. The predicted octanol–water partition coefficient (Wildman–Crippen LogP) is 2.85. The first-order valence-electron chi connectivity index (χ1n) is 5.76. The molecule has 1 unspecified atom stereocenters. The number of rotatable bonds is 3. The van der Waals surface area contributed by atoms with Gasteiger partial charge in [0, 0.05) is 5.39 Å². The summed E-state index contributed by atoms with van der Waals surface area (Å²) in [7, 11) is 0. The number of nitrogens with one attached hydrogen (secondary N) is 1. The van der Waals surface area contributed by atoms with E-state index in [-0.39, 0.29) is 11.4 Å². The summed E-state index contributed by atoms with van der Waals surface area (Å²) >= 11 is 0. The Bertz CT molecular complexity index is 655. The fourth-order valence-corrected chi connectivity index (χ4v) is 1.62. The average molecular weight is 283 g/mol. The molecule has 0 amide bonds. The summed E-state index contributed by atoms with van der Waals surface area (Å²) in [6.07, 6.45) is -6.55. The molecule has 7 heteroatoms. The molecule has 1 aromatic carbocycles. The smallest absolute Gasteiger partial charge is 0.425 e. The molecule has 0 aliphatic carbocycles. The van der Waals surface area contributed by atoms with Crippen LogP contribution in [0.1, 0.15) is 12.5 Å². The Hall–Kier alpha value is -2.31. The molecule has 0 fully saturated rings. The number of hydrogen-bond acceptors (Lipinski definition) is 3. The number of fused-ring (bicyclic) bond motifs is 1. The van der Waals surface area contributed by atoms with E-state index in [0.29, 0.717) is 10.9 Å². The first-order valence-corrected chi connectivity index (χ1v) is 5.76. The molecule has 3 N–H and O–H groups in total. The van der Waals surface area contributed by atoms with E-state index < -0.39 is 18.1 Å². The van der Waals surface area contributed by atoms with Crippen molar-refractivity contribution in [2.75, 3.05) is 0 Å². The number of nitrogen functional groups attached to an aromatic ring is 1. The van der Waals surface area contributed by atoms with Crippen LogP contribution in [0.15, 0.2) is 30.3 Å². The molecular formula is C13H12F3N3O. The van der Waals surface area contributed by atoms with Crippen LogP contribution < -0.4 is 10.5 Å². The molecule has 0 aliphatic rings. The number of para-hydroxylation sites is 1. The topological polar surface area (TPSA) is 72.0 Å². The largest absolute Gasteiger partial charge is 0.464 e. The van der Waals surface area contributed by atoms with Gasteiger partial charge in [-0.1, -0.05) is 18.2 Å². The summed E-state index contributed by atoms with van der Waals surface area (Å²) in [6, 6.07) is 8.33. The van der Waals surface area contributed by atoms with Crippen LogP contribution in [0.4, 0.5) is 13.2 Å². The van der Waals surface area contributed by atoms with Gasteiger partial charge >= 0.3 is 6.18 Å². The normalized spacial score (nSPS) is 13.2. The number of halogens is 3. The minimum Gasteiger partial charge on any atom is -0.464 e. The third-order valence-corrected chi connectivity index (χ3v) is 2.73. The molecule has 0 radical (unpaired) electrons. The molecule has 106 valence electrons. The van der Waals surface area contributed by atoms with Crippen LogP contribution in [0.25, 0.3) is 10.9 Å². The first kappa shape index (κ1) is 14.1. The lowest BCUT2D eigenvalue weighted by atomic mass is 10.1. The molecular weight excluding hydrogens is 271 g/mol. The Morgan fingerprint density at radius 2 is 2.00 bits per heavy atom. The monoisotopic (exact) mass is 283 g/mol. The van der Waals surface area contributed by atoms with Crippen molar-refractivity contribution >= 4 is 16.7 Å². The van der Waals surface area contributed by atoms with Gasteiger partial charge in [0.15, 0.2) is 6.10 Å². The molecule has 2 rings (SSSR count). The molecule has 1 heterocycles. The molecule has 0 saturated carbocycles. The van der Waals surface area contributed by atoms with Crippen molar-refractivity contribution in [3.63, 3.8) is 0 Å². The van der Waals surface area contributed by atoms with E-state index in [0.717, 1.165) is 6.92 Å². The van der Waals surface area contributed by atoms with Crippen LogP contribution in [0, 0.1) is 5.41 Å². The molecule has 4 nitrogen and oxygen atoms in total. The Morgan fingerprint density at radius 1 is 1.35 bits per heavy atom. The van der Waals surface area contributed by atoms with Crippen molar-refractivity contribution in [2.24, 2.45) is 5.73 Å². The van der Waals surface area contributed by atoms with Crippen molar-refractivity contribution in [3.8, 4) is 5.88 Å². The summed E-state index contributed by atoms with van der Waals surface area (Å²) in [4.78, 5) is 4.01. The van der Waals surface area contributed by atoms with E-state index in [1.807, 2.05) is 0 Å². The number of amidine groups is 1. The maximum Gasteiger partial charge on any atom is 0.425 e. The number of benzene rings is 1. The molecule has 2 aromatic rings. The van der Waals surface area contributed by atoms with Crippen molar-refractivity contribution in [2.45, 2.75) is 19.2 Å². The number of hydrogen-bond donors (Lipinski definition) is 2. The summed E-state index contributed by atoms with van der Waals surface area (Å²) in [5.74, 6) is -0.686. The van der Waals surface area contributed by atoms with E-state index in [9.17, 15) is 13.2 Å². The lowest BCUT2D eigenvalue weighted by molar-refractivity contribution is -0.189. The van der Waals surface area contributed by atoms with E-state index in [4.69, 9.17) is 15.9 Å². The summed E-state index contributed by atoms with van der Waals surface area (Å²) in [6.45, 7) is 0.876. The Kier molecular flexibility index (Phi) is 3.52. The summed E-state index contributed by atoms with van der Waals surface area (Å²) < 4.78 is 42.5. The van der Waals surface area contributed by atoms with Crippen LogP contribution in [0.3, 0.4) is 0 Å². The van der Waals surface area contributed by atoms with Gasteiger partial charge in [-0.25, -0.2) is 4.98 Å². The number of nitrogens with two attached hydrogens (primary N) is 1. The fourth-order valence-electron chi connectivity index (χ4n) is 1.62. The zero-order valence-electron chi connectivity index (χ0n) is 10.5. The van der Waals surface area contributed by atoms with Crippen LogP contribution >= 0.6 is 0 Å². The highest BCUT2D eigenvalue weighted by Crippen LogP contribution is 2.27. The van der Waals surface area contributed by atoms with Crippen molar-refractivity contribution < 1.29 is 17.9 Å². The summed E-state index contributed by atoms with van der Waals surface area (Å²) in [5.41, 5.74) is 5.89. The number of aromatic nitrogens is 1. The number of alkyl halides is 3. The molecule has 0 saturated heterocycles. The Balaban J connectivity index is 2.50.